The Bertz CT molecular complexity index is 698. The number of hydrogen-bond donors (Lipinski definition) is 0. The number of likely N-dealkylation sites (N-methyl/N-ethyl adjacent to an activating group) is 1. The van der Waals surface area contributed by atoms with Gasteiger partial charge in [0, 0.05) is 45.5 Å². The average molecular weight is 402 g/mol. The van der Waals surface area contributed by atoms with Gasteiger partial charge in [-0.05, 0) is 51.4 Å². The first-order valence-electron chi connectivity index (χ1n) is 10.7. The lowest BCUT2D eigenvalue weighted by Gasteiger charge is -2.42. The molecule has 3 heterocycles. The Labute approximate surface area is 174 Å². The van der Waals surface area contributed by atoms with Gasteiger partial charge in [-0.2, -0.15) is 0 Å². The van der Waals surface area contributed by atoms with E-state index in [0.717, 1.165) is 31.7 Å². The van der Waals surface area contributed by atoms with Crippen molar-refractivity contribution >= 4 is 11.9 Å². The maximum atomic E-state index is 13.4. The normalized spacial score (nSPS) is 19.9. The minimum Gasteiger partial charge on any atom is -0.309 e. The molecule has 2 aliphatic rings. The molecule has 1 spiro atoms. The van der Waals surface area contributed by atoms with Crippen LogP contribution in [-0.2, 0) is 11.3 Å². The predicted octanol–water partition coefficient (Wildman–Crippen LogP) is 2.29. The van der Waals surface area contributed by atoms with Crippen LogP contribution in [0.4, 0.5) is 4.79 Å². The average Bonchev–Trinajstić information content (AvgIpc) is 2.87. The quantitative estimate of drug-likeness (QED) is 0.626. The van der Waals surface area contributed by atoms with Crippen LogP contribution < -0.4 is 0 Å². The zero-order chi connectivity index (χ0) is 21.0. The van der Waals surface area contributed by atoms with Crippen LogP contribution in [0.5, 0.6) is 0 Å². The van der Waals surface area contributed by atoms with Gasteiger partial charge in [-0.15, -0.1) is 0 Å². The van der Waals surface area contributed by atoms with Crippen molar-refractivity contribution in [1.29, 1.82) is 0 Å². The van der Waals surface area contributed by atoms with E-state index in [1.807, 2.05) is 48.3 Å². The Morgan fingerprint density at radius 3 is 2.45 bits per heavy atom. The summed E-state index contributed by atoms with van der Waals surface area (Å²) in [5.41, 5.74) is 0.375. The Morgan fingerprint density at radius 2 is 1.86 bits per heavy atom. The second-order valence-corrected chi connectivity index (χ2v) is 9.01. The number of aromatic nitrogens is 1. The summed E-state index contributed by atoms with van der Waals surface area (Å²) < 4.78 is 0. The number of urea groups is 1. The van der Waals surface area contributed by atoms with Gasteiger partial charge in [0.2, 0.25) is 0 Å². The number of piperidine rings is 1. The molecule has 1 aromatic heterocycles. The van der Waals surface area contributed by atoms with E-state index >= 15 is 0 Å². The number of nitrogens with zero attached hydrogens (tertiary/aromatic N) is 5. The zero-order valence-electron chi connectivity index (χ0n) is 18.3. The number of carbonyl (C=O) groups excluding carboxylic acids is 2. The van der Waals surface area contributed by atoms with Gasteiger partial charge in [0.15, 0.2) is 0 Å². The number of amides is 3. The molecule has 3 rings (SSSR count). The fourth-order valence-electron chi connectivity index (χ4n) is 4.26. The molecule has 0 aliphatic carbocycles. The molecular formula is C22H35N5O2. The molecule has 0 aromatic carbocycles. The summed E-state index contributed by atoms with van der Waals surface area (Å²) in [6, 6.07) is 5.86. The highest BCUT2D eigenvalue weighted by atomic mass is 16.2. The molecule has 0 N–H and O–H groups in total. The highest BCUT2D eigenvalue weighted by Crippen LogP contribution is 2.38. The Kier molecular flexibility index (Phi) is 6.90. The summed E-state index contributed by atoms with van der Waals surface area (Å²) in [4.78, 5) is 38.8. The lowest BCUT2D eigenvalue weighted by Crippen LogP contribution is -2.56. The van der Waals surface area contributed by atoms with Crippen LogP contribution in [0.15, 0.2) is 24.4 Å². The SMILES string of the molecule is CC(C)CCN1C(=O)N(CCN(C)C)C(=O)C12CCN(Cc1ccccn1)CC2. The molecule has 7 nitrogen and oxygen atoms in total. The molecule has 2 saturated heterocycles. The lowest BCUT2D eigenvalue weighted by atomic mass is 9.85. The molecule has 1 aromatic rings. The third-order valence-corrected chi connectivity index (χ3v) is 6.12. The Hall–Kier alpha value is -1.99. The highest BCUT2D eigenvalue weighted by Gasteiger charge is 2.57. The van der Waals surface area contributed by atoms with Crippen molar-refractivity contribution in [2.45, 2.75) is 45.2 Å². The molecule has 7 heteroatoms. The summed E-state index contributed by atoms with van der Waals surface area (Å²) in [5.74, 6) is 0.501. The second kappa shape index (κ2) is 9.22. The number of imide groups is 1. The maximum Gasteiger partial charge on any atom is 0.327 e. The molecule has 2 aliphatic heterocycles. The van der Waals surface area contributed by atoms with Crippen molar-refractivity contribution in [2.24, 2.45) is 5.92 Å². The van der Waals surface area contributed by atoms with E-state index in [0.29, 0.717) is 38.4 Å². The van der Waals surface area contributed by atoms with Crippen LogP contribution in [0.2, 0.25) is 0 Å². The number of rotatable bonds is 8. The summed E-state index contributed by atoms with van der Waals surface area (Å²) in [7, 11) is 3.93. The number of hydrogen-bond acceptors (Lipinski definition) is 5. The summed E-state index contributed by atoms with van der Waals surface area (Å²) >= 11 is 0. The lowest BCUT2D eigenvalue weighted by molar-refractivity contribution is -0.135. The van der Waals surface area contributed by atoms with Gasteiger partial charge in [-0.3, -0.25) is 19.6 Å². The first-order valence-corrected chi connectivity index (χ1v) is 10.7. The van der Waals surface area contributed by atoms with E-state index in [2.05, 4.69) is 23.7 Å². The van der Waals surface area contributed by atoms with E-state index in [1.54, 1.807) is 0 Å². The van der Waals surface area contributed by atoms with Crippen LogP contribution in [0, 0.1) is 5.92 Å². The molecule has 0 bridgehead atoms. The number of carbonyl (C=O) groups is 2. The van der Waals surface area contributed by atoms with Crippen molar-refractivity contribution in [3.63, 3.8) is 0 Å². The van der Waals surface area contributed by atoms with Crippen LogP contribution in [0.1, 0.15) is 38.8 Å². The van der Waals surface area contributed by atoms with Crippen LogP contribution in [0.3, 0.4) is 0 Å². The molecule has 160 valence electrons. The van der Waals surface area contributed by atoms with Crippen molar-refractivity contribution in [3.05, 3.63) is 30.1 Å². The van der Waals surface area contributed by atoms with Crippen molar-refractivity contribution in [1.82, 2.24) is 24.6 Å². The molecule has 0 radical (unpaired) electrons. The van der Waals surface area contributed by atoms with Gasteiger partial charge >= 0.3 is 6.03 Å². The standard InChI is InChI=1S/C22H35N5O2/c1-18(2)8-12-27-21(29)26(16-15-24(3)4)20(28)22(27)9-13-25(14-10-22)17-19-7-5-6-11-23-19/h5-7,11,18H,8-10,12-17H2,1-4H3. The van der Waals surface area contributed by atoms with E-state index in [4.69, 9.17) is 0 Å². The van der Waals surface area contributed by atoms with Crippen molar-refractivity contribution in [3.8, 4) is 0 Å². The molecule has 0 atom stereocenters. The molecule has 3 amide bonds. The molecule has 0 unspecified atom stereocenters. The Balaban J connectivity index is 1.73. The summed E-state index contributed by atoms with van der Waals surface area (Å²) in [6.45, 7) is 8.52. The van der Waals surface area contributed by atoms with Gasteiger partial charge in [0.05, 0.1) is 5.69 Å². The molecule has 29 heavy (non-hydrogen) atoms. The Morgan fingerprint density at radius 1 is 1.14 bits per heavy atom. The fraction of sp³-hybridized carbons (Fsp3) is 0.682. The third kappa shape index (κ3) is 4.78. The molecule has 0 saturated carbocycles. The van der Waals surface area contributed by atoms with Gasteiger partial charge in [0.1, 0.15) is 5.54 Å². The molecular weight excluding hydrogens is 366 g/mol. The minimum absolute atomic E-state index is 0.00518. The van der Waals surface area contributed by atoms with Gasteiger partial charge in [-0.1, -0.05) is 19.9 Å². The number of likely N-dealkylation sites (tertiary alicyclic amines) is 1. The third-order valence-electron chi connectivity index (χ3n) is 6.12. The number of pyridine rings is 1. The highest BCUT2D eigenvalue weighted by molar-refractivity contribution is 6.07. The van der Waals surface area contributed by atoms with Crippen LogP contribution >= 0.6 is 0 Å². The van der Waals surface area contributed by atoms with Crippen LogP contribution in [0.25, 0.3) is 0 Å². The van der Waals surface area contributed by atoms with E-state index < -0.39 is 5.54 Å². The van der Waals surface area contributed by atoms with E-state index in [-0.39, 0.29) is 11.9 Å². The van der Waals surface area contributed by atoms with Gasteiger partial charge in [0.25, 0.3) is 5.91 Å². The monoisotopic (exact) mass is 401 g/mol. The zero-order valence-corrected chi connectivity index (χ0v) is 18.3. The second-order valence-electron chi connectivity index (χ2n) is 9.01. The topological polar surface area (TPSA) is 60.0 Å². The summed E-state index contributed by atoms with van der Waals surface area (Å²) in [6.07, 6.45) is 4.12. The smallest absolute Gasteiger partial charge is 0.309 e. The maximum absolute atomic E-state index is 13.4. The van der Waals surface area contributed by atoms with E-state index in [9.17, 15) is 9.59 Å². The van der Waals surface area contributed by atoms with E-state index in [1.165, 1.54) is 4.90 Å². The van der Waals surface area contributed by atoms with Crippen molar-refractivity contribution < 1.29 is 9.59 Å². The first kappa shape index (κ1) is 21.7. The van der Waals surface area contributed by atoms with Crippen molar-refractivity contribution in [2.75, 3.05) is 46.8 Å². The fourth-order valence-corrected chi connectivity index (χ4v) is 4.26. The predicted molar refractivity (Wildman–Crippen MR) is 113 cm³/mol. The molecule has 2 fully saturated rings. The minimum atomic E-state index is -0.668. The van der Waals surface area contributed by atoms with Crippen LogP contribution in [-0.4, -0.2) is 88.9 Å². The van der Waals surface area contributed by atoms with Gasteiger partial charge < -0.3 is 9.80 Å². The van der Waals surface area contributed by atoms with Gasteiger partial charge in [-0.25, -0.2) is 4.79 Å². The largest absolute Gasteiger partial charge is 0.327 e. The summed E-state index contributed by atoms with van der Waals surface area (Å²) in [5, 5.41) is 0. The first-order chi connectivity index (χ1) is 13.8.